The summed E-state index contributed by atoms with van der Waals surface area (Å²) in [5.74, 6) is 0.669. The lowest BCUT2D eigenvalue weighted by atomic mass is 10.3. The molecule has 2 N–H and O–H groups in total. The Morgan fingerprint density at radius 3 is 2.81 bits per heavy atom. The van der Waals surface area contributed by atoms with Gasteiger partial charge in [0.25, 0.3) is 5.91 Å². The van der Waals surface area contributed by atoms with E-state index in [1.807, 2.05) is 41.8 Å². The van der Waals surface area contributed by atoms with Crippen LogP contribution in [0.15, 0.2) is 66.0 Å². The summed E-state index contributed by atoms with van der Waals surface area (Å²) in [5, 5.41) is 9.13. The number of rotatable bonds is 7. The van der Waals surface area contributed by atoms with Gasteiger partial charge in [-0.25, -0.2) is 19.0 Å². The molecule has 2 aromatic carbocycles. The number of imidazole rings is 1. The molecule has 1 amide bonds. The van der Waals surface area contributed by atoms with Gasteiger partial charge >= 0.3 is 0 Å². The van der Waals surface area contributed by atoms with E-state index >= 15 is 0 Å². The Kier molecular flexibility index (Phi) is 5.47. The van der Waals surface area contributed by atoms with E-state index < -0.39 is 0 Å². The van der Waals surface area contributed by atoms with E-state index in [2.05, 4.69) is 25.4 Å². The second kappa shape index (κ2) is 8.72. The van der Waals surface area contributed by atoms with Gasteiger partial charge in [-0.05, 0) is 48.2 Å². The fraction of sp³-hybridized carbons (Fsp3) is 0.130. The summed E-state index contributed by atoms with van der Waals surface area (Å²) in [6.07, 6.45) is 1.43. The lowest BCUT2D eigenvalue weighted by Crippen LogP contribution is -2.26. The first-order valence-electron chi connectivity index (χ1n) is 10.2. The molecule has 32 heavy (non-hydrogen) atoms. The summed E-state index contributed by atoms with van der Waals surface area (Å²) < 4.78 is 15.3. The summed E-state index contributed by atoms with van der Waals surface area (Å²) >= 11 is 1.48. The number of halogens is 1. The van der Waals surface area contributed by atoms with Gasteiger partial charge in [0, 0.05) is 13.0 Å². The number of carbonyl (C=O) groups is 1. The minimum absolute atomic E-state index is 0.0430. The van der Waals surface area contributed by atoms with E-state index in [1.165, 1.54) is 28.2 Å². The number of carbonyl (C=O) groups excluding carboxylic acids is 1. The highest BCUT2D eigenvalue weighted by atomic mass is 32.1. The molecule has 0 atom stereocenters. The number of para-hydroxylation sites is 2. The Labute approximate surface area is 187 Å². The van der Waals surface area contributed by atoms with Gasteiger partial charge in [-0.3, -0.25) is 4.79 Å². The van der Waals surface area contributed by atoms with E-state index in [-0.39, 0.29) is 17.5 Å². The van der Waals surface area contributed by atoms with Gasteiger partial charge in [-0.15, -0.1) is 16.4 Å². The van der Waals surface area contributed by atoms with E-state index in [0.717, 1.165) is 21.7 Å². The highest BCUT2D eigenvalue weighted by molar-refractivity contribution is 7.13. The first kappa shape index (κ1) is 20.1. The predicted octanol–water partition coefficient (Wildman–Crippen LogP) is 4.37. The van der Waals surface area contributed by atoms with Gasteiger partial charge < -0.3 is 10.3 Å². The number of amides is 1. The van der Waals surface area contributed by atoms with Crippen LogP contribution in [0.1, 0.15) is 22.9 Å². The number of hydrogen-bond acceptors (Lipinski definition) is 5. The Morgan fingerprint density at radius 1 is 1.09 bits per heavy atom. The van der Waals surface area contributed by atoms with E-state index in [9.17, 15) is 9.18 Å². The zero-order chi connectivity index (χ0) is 21.9. The second-order valence-corrected chi connectivity index (χ2v) is 8.14. The largest absolute Gasteiger partial charge is 0.349 e. The number of benzene rings is 2. The molecule has 0 fully saturated rings. The van der Waals surface area contributed by atoms with Crippen LogP contribution in [-0.4, -0.2) is 37.2 Å². The van der Waals surface area contributed by atoms with Gasteiger partial charge in [-0.2, -0.15) is 0 Å². The SMILES string of the molecule is O=C(NCCCc1nc2ccccc2[nH]1)c1nc(-c2cccs2)n(-c2cccc(F)c2)n1. The van der Waals surface area contributed by atoms with Crippen molar-refractivity contribution < 1.29 is 9.18 Å². The number of nitrogens with one attached hydrogen (secondary N) is 2. The van der Waals surface area contributed by atoms with Crippen molar-refractivity contribution in [2.45, 2.75) is 12.8 Å². The van der Waals surface area contributed by atoms with Crippen molar-refractivity contribution in [3.63, 3.8) is 0 Å². The standard InChI is InChI=1S/C23H19FN6OS/c24-15-6-3-7-16(14-15)30-22(19-10-5-13-32-19)28-21(29-30)23(31)25-12-4-11-20-26-17-8-1-2-9-18(17)27-20/h1-3,5-10,13-14H,4,11-12H2,(H,25,31)(H,26,27). The molecule has 0 saturated heterocycles. The van der Waals surface area contributed by atoms with Crippen LogP contribution in [0.5, 0.6) is 0 Å². The number of nitrogens with zero attached hydrogens (tertiary/aromatic N) is 4. The second-order valence-electron chi connectivity index (χ2n) is 7.19. The van der Waals surface area contributed by atoms with Gasteiger partial charge in [0.15, 0.2) is 5.82 Å². The number of H-pyrrole nitrogens is 1. The maximum absolute atomic E-state index is 13.8. The summed E-state index contributed by atoms with van der Waals surface area (Å²) in [6, 6.07) is 17.7. The third kappa shape index (κ3) is 4.15. The van der Waals surface area contributed by atoms with Crippen LogP contribution >= 0.6 is 11.3 Å². The monoisotopic (exact) mass is 446 g/mol. The van der Waals surface area contributed by atoms with Crippen molar-refractivity contribution in [3.05, 3.63) is 83.5 Å². The average molecular weight is 447 g/mol. The number of hydrogen-bond donors (Lipinski definition) is 2. The minimum atomic E-state index is -0.383. The quantitative estimate of drug-likeness (QED) is 0.363. The number of fused-ring (bicyclic) bond motifs is 1. The first-order chi connectivity index (χ1) is 15.7. The van der Waals surface area contributed by atoms with Crippen LogP contribution in [0.25, 0.3) is 27.4 Å². The van der Waals surface area contributed by atoms with E-state index in [4.69, 9.17) is 0 Å². The third-order valence-corrected chi connectivity index (χ3v) is 5.78. The molecule has 0 spiro atoms. The van der Waals surface area contributed by atoms with E-state index in [1.54, 1.807) is 12.1 Å². The maximum atomic E-state index is 13.8. The summed E-state index contributed by atoms with van der Waals surface area (Å²) in [5.41, 5.74) is 2.43. The molecule has 3 heterocycles. The Bertz CT molecular complexity index is 1340. The lowest BCUT2D eigenvalue weighted by Gasteiger charge is -2.04. The molecule has 0 bridgehead atoms. The van der Waals surface area contributed by atoms with Crippen molar-refractivity contribution in [3.8, 4) is 16.4 Å². The Hall–Kier alpha value is -3.85. The van der Waals surface area contributed by atoms with Gasteiger partial charge in [-0.1, -0.05) is 24.3 Å². The number of aromatic amines is 1. The molecule has 5 rings (SSSR count). The van der Waals surface area contributed by atoms with Gasteiger partial charge in [0.2, 0.25) is 5.82 Å². The molecule has 0 radical (unpaired) electrons. The third-order valence-electron chi connectivity index (χ3n) is 4.92. The van der Waals surface area contributed by atoms with Crippen LogP contribution in [0.2, 0.25) is 0 Å². The fourth-order valence-corrected chi connectivity index (χ4v) is 4.12. The molecule has 3 aromatic heterocycles. The average Bonchev–Trinajstić information content (AvgIpc) is 3.55. The zero-order valence-electron chi connectivity index (χ0n) is 17.0. The molecular weight excluding hydrogens is 427 g/mol. The summed E-state index contributed by atoms with van der Waals surface area (Å²) in [7, 11) is 0. The molecular formula is C23H19FN6OS. The molecule has 160 valence electrons. The van der Waals surface area contributed by atoms with Crippen molar-refractivity contribution in [2.24, 2.45) is 0 Å². The van der Waals surface area contributed by atoms with E-state index in [0.29, 0.717) is 30.9 Å². The van der Waals surface area contributed by atoms with Crippen molar-refractivity contribution in [1.82, 2.24) is 30.0 Å². The highest BCUT2D eigenvalue weighted by Crippen LogP contribution is 2.25. The molecule has 0 unspecified atom stereocenters. The Balaban J connectivity index is 1.28. The van der Waals surface area contributed by atoms with Crippen LogP contribution in [0.3, 0.4) is 0 Å². The lowest BCUT2D eigenvalue weighted by molar-refractivity contribution is 0.0943. The molecule has 0 aliphatic heterocycles. The van der Waals surface area contributed by atoms with Crippen molar-refractivity contribution in [1.29, 1.82) is 0 Å². The first-order valence-corrected chi connectivity index (χ1v) is 11.0. The topological polar surface area (TPSA) is 88.5 Å². The van der Waals surface area contributed by atoms with Crippen LogP contribution in [0.4, 0.5) is 4.39 Å². The van der Waals surface area contributed by atoms with Crippen molar-refractivity contribution in [2.75, 3.05) is 6.54 Å². The number of aryl methyl sites for hydroxylation is 1. The number of aromatic nitrogens is 5. The summed E-state index contributed by atoms with van der Waals surface area (Å²) in [4.78, 5) is 25.8. The minimum Gasteiger partial charge on any atom is -0.349 e. The Morgan fingerprint density at radius 2 is 2.00 bits per heavy atom. The van der Waals surface area contributed by atoms with Gasteiger partial charge in [0.05, 0.1) is 21.6 Å². The van der Waals surface area contributed by atoms with Crippen LogP contribution < -0.4 is 5.32 Å². The maximum Gasteiger partial charge on any atom is 0.290 e. The van der Waals surface area contributed by atoms with Crippen molar-refractivity contribution >= 4 is 28.3 Å². The molecule has 7 nitrogen and oxygen atoms in total. The molecule has 9 heteroatoms. The summed E-state index contributed by atoms with van der Waals surface area (Å²) in [6.45, 7) is 0.457. The van der Waals surface area contributed by atoms with Gasteiger partial charge in [0.1, 0.15) is 11.6 Å². The molecule has 0 aliphatic carbocycles. The smallest absolute Gasteiger partial charge is 0.290 e. The number of thiophene rings is 1. The molecule has 5 aromatic rings. The molecule has 0 saturated carbocycles. The van der Waals surface area contributed by atoms with Crippen LogP contribution in [-0.2, 0) is 6.42 Å². The molecule has 0 aliphatic rings. The fourth-order valence-electron chi connectivity index (χ4n) is 3.42. The normalized spacial score (nSPS) is 11.2. The zero-order valence-corrected chi connectivity index (χ0v) is 17.8. The van der Waals surface area contributed by atoms with Crippen LogP contribution in [0, 0.1) is 5.82 Å². The predicted molar refractivity (Wildman–Crippen MR) is 121 cm³/mol. The highest BCUT2D eigenvalue weighted by Gasteiger charge is 2.19.